The van der Waals surface area contributed by atoms with Crippen molar-refractivity contribution < 1.29 is 14.3 Å². The number of ether oxygens (including phenoxy) is 2. The van der Waals surface area contributed by atoms with Crippen molar-refractivity contribution in [2.45, 2.75) is 13.0 Å². The topological polar surface area (TPSA) is 102 Å². The van der Waals surface area contributed by atoms with Crippen LogP contribution in [-0.2, 0) is 0 Å². The Hall–Kier alpha value is -3.42. The minimum absolute atomic E-state index is 0.160. The summed E-state index contributed by atoms with van der Waals surface area (Å²) in [5, 5.41) is 16.7. The maximum absolute atomic E-state index is 12.5. The van der Waals surface area contributed by atoms with Gasteiger partial charge in [-0.15, -0.1) is 10.2 Å². The molecule has 8 heteroatoms. The number of fused-ring (bicyclic) bond motifs is 1. The van der Waals surface area contributed by atoms with Crippen molar-refractivity contribution in [1.82, 2.24) is 25.9 Å². The van der Waals surface area contributed by atoms with Crippen LogP contribution >= 0.6 is 0 Å². The summed E-state index contributed by atoms with van der Waals surface area (Å²) in [6.45, 7) is 3.01. The Morgan fingerprint density at radius 1 is 1.12 bits per heavy atom. The van der Waals surface area contributed by atoms with E-state index < -0.39 is 0 Å². The molecule has 2 aromatic carbocycles. The third kappa shape index (κ3) is 3.21. The van der Waals surface area contributed by atoms with Gasteiger partial charge in [0.1, 0.15) is 13.2 Å². The van der Waals surface area contributed by atoms with Crippen LogP contribution < -0.4 is 14.8 Å². The number of aromatic nitrogens is 4. The minimum atomic E-state index is -0.171. The molecule has 0 fully saturated rings. The molecule has 1 atom stereocenters. The summed E-state index contributed by atoms with van der Waals surface area (Å²) >= 11 is 0. The highest BCUT2D eigenvalue weighted by atomic mass is 16.6. The van der Waals surface area contributed by atoms with Gasteiger partial charge in [-0.2, -0.15) is 5.21 Å². The lowest BCUT2D eigenvalue weighted by Crippen LogP contribution is -2.26. The van der Waals surface area contributed by atoms with Crippen molar-refractivity contribution in [2.24, 2.45) is 0 Å². The maximum Gasteiger partial charge on any atom is 0.251 e. The lowest BCUT2D eigenvalue weighted by Gasteiger charge is -2.21. The fourth-order valence-electron chi connectivity index (χ4n) is 2.75. The molecule has 0 radical (unpaired) electrons. The summed E-state index contributed by atoms with van der Waals surface area (Å²) in [5.74, 6) is 1.77. The van der Waals surface area contributed by atoms with Crippen LogP contribution in [-0.4, -0.2) is 39.7 Å². The van der Waals surface area contributed by atoms with E-state index in [1.165, 1.54) is 0 Å². The molecule has 0 saturated carbocycles. The fourth-order valence-corrected chi connectivity index (χ4v) is 2.75. The number of carbonyl (C=O) groups is 1. The van der Waals surface area contributed by atoms with Gasteiger partial charge in [-0.05, 0) is 42.0 Å². The summed E-state index contributed by atoms with van der Waals surface area (Å²) in [5.41, 5.74) is 2.29. The summed E-state index contributed by atoms with van der Waals surface area (Å²) in [4.78, 5) is 12.5. The quantitative estimate of drug-likeness (QED) is 0.746. The average molecular weight is 351 g/mol. The molecule has 1 aromatic heterocycles. The number of aromatic amines is 1. The Morgan fingerprint density at radius 3 is 2.62 bits per heavy atom. The van der Waals surface area contributed by atoms with E-state index in [1.54, 1.807) is 24.3 Å². The summed E-state index contributed by atoms with van der Waals surface area (Å²) in [6, 6.07) is 12.6. The lowest BCUT2D eigenvalue weighted by molar-refractivity contribution is 0.0939. The monoisotopic (exact) mass is 351 g/mol. The first-order valence-corrected chi connectivity index (χ1v) is 8.25. The second kappa shape index (κ2) is 6.83. The molecule has 0 bridgehead atoms. The Bertz CT molecular complexity index is 909. The van der Waals surface area contributed by atoms with Crippen LogP contribution in [0.2, 0.25) is 0 Å². The van der Waals surface area contributed by atoms with Crippen LogP contribution in [0.4, 0.5) is 0 Å². The fraction of sp³-hybridized carbons (Fsp3) is 0.222. The molecular formula is C18H17N5O3. The third-order valence-electron chi connectivity index (χ3n) is 4.16. The van der Waals surface area contributed by atoms with Crippen molar-refractivity contribution in [2.75, 3.05) is 13.2 Å². The van der Waals surface area contributed by atoms with Crippen molar-refractivity contribution in [1.29, 1.82) is 0 Å². The van der Waals surface area contributed by atoms with Crippen molar-refractivity contribution in [3.63, 3.8) is 0 Å². The highest BCUT2D eigenvalue weighted by molar-refractivity contribution is 5.94. The molecule has 1 aliphatic rings. The third-order valence-corrected chi connectivity index (χ3v) is 4.16. The Kier molecular flexibility index (Phi) is 4.22. The van der Waals surface area contributed by atoms with Crippen LogP contribution in [0, 0.1) is 0 Å². The second-order valence-electron chi connectivity index (χ2n) is 5.91. The van der Waals surface area contributed by atoms with Gasteiger partial charge in [-0.3, -0.25) is 4.79 Å². The second-order valence-corrected chi connectivity index (χ2v) is 5.91. The van der Waals surface area contributed by atoms with Gasteiger partial charge in [0.2, 0.25) is 5.82 Å². The zero-order chi connectivity index (χ0) is 17.9. The molecule has 3 aromatic rings. The molecule has 0 spiro atoms. The molecule has 2 heterocycles. The Balaban J connectivity index is 1.45. The molecular weight excluding hydrogens is 334 g/mol. The van der Waals surface area contributed by atoms with Gasteiger partial charge in [0.05, 0.1) is 6.04 Å². The number of H-pyrrole nitrogens is 1. The first-order valence-electron chi connectivity index (χ1n) is 8.25. The van der Waals surface area contributed by atoms with Crippen LogP contribution in [0.1, 0.15) is 28.9 Å². The average Bonchev–Trinajstić information content (AvgIpc) is 3.22. The molecule has 2 N–H and O–H groups in total. The van der Waals surface area contributed by atoms with Gasteiger partial charge < -0.3 is 14.8 Å². The minimum Gasteiger partial charge on any atom is -0.486 e. The number of carbonyl (C=O) groups excluding carboxylic acids is 1. The number of tetrazole rings is 1. The van der Waals surface area contributed by atoms with E-state index in [4.69, 9.17) is 9.47 Å². The largest absolute Gasteiger partial charge is 0.486 e. The predicted molar refractivity (Wildman–Crippen MR) is 92.9 cm³/mol. The number of hydrogen-bond donors (Lipinski definition) is 2. The van der Waals surface area contributed by atoms with Gasteiger partial charge in [0.25, 0.3) is 5.91 Å². The molecule has 1 unspecified atom stereocenters. The molecule has 4 rings (SSSR count). The number of nitrogens with one attached hydrogen (secondary N) is 2. The summed E-state index contributed by atoms with van der Waals surface area (Å²) < 4.78 is 11.1. The zero-order valence-corrected chi connectivity index (χ0v) is 14.1. The number of rotatable bonds is 4. The van der Waals surface area contributed by atoms with E-state index in [1.807, 2.05) is 25.1 Å². The molecule has 1 amide bonds. The smallest absolute Gasteiger partial charge is 0.251 e. The molecule has 8 nitrogen and oxygen atoms in total. The van der Waals surface area contributed by atoms with E-state index in [0.717, 1.165) is 16.9 Å². The standard InChI is InChI=1S/C18H17N5O3/c1-11(14-6-7-15-16(10-14)26-9-8-25-15)19-18(24)13-4-2-12(3-5-13)17-20-22-23-21-17/h2-7,10-11H,8-9H2,1H3,(H,19,24)(H,20,21,22,23). The normalized spacial score (nSPS) is 13.9. The van der Waals surface area contributed by atoms with Gasteiger partial charge >= 0.3 is 0 Å². The predicted octanol–water partition coefficient (Wildman–Crippen LogP) is 2.13. The van der Waals surface area contributed by atoms with E-state index in [2.05, 4.69) is 25.9 Å². The molecule has 1 aliphatic heterocycles. The SMILES string of the molecule is CC(NC(=O)c1ccc(-c2nn[nH]n2)cc1)c1ccc2c(c1)OCCO2. The van der Waals surface area contributed by atoms with E-state index in [9.17, 15) is 4.79 Å². The highest BCUT2D eigenvalue weighted by Gasteiger charge is 2.16. The number of amides is 1. The first-order chi connectivity index (χ1) is 12.7. The van der Waals surface area contributed by atoms with Gasteiger partial charge in [-0.25, -0.2) is 0 Å². The lowest BCUT2D eigenvalue weighted by atomic mass is 10.1. The Labute approximate surface area is 149 Å². The highest BCUT2D eigenvalue weighted by Crippen LogP contribution is 2.32. The van der Waals surface area contributed by atoms with Crippen molar-refractivity contribution in [3.8, 4) is 22.9 Å². The number of benzene rings is 2. The van der Waals surface area contributed by atoms with Gasteiger partial charge in [0.15, 0.2) is 11.5 Å². The number of nitrogens with zero attached hydrogens (tertiary/aromatic N) is 3. The Morgan fingerprint density at radius 2 is 1.88 bits per heavy atom. The molecule has 26 heavy (non-hydrogen) atoms. The summed E-state index contributed by atoms with van der Waals surface area (Å²) in [7, 11) is 0. The first kappa shape index (κ1) is 16.1. The number of hydrogen-bond acceptors (Lipinski definition) is 6. The molecule has 132 valence electrons. The van der Waals surface area contributed by atoms with Crippen molar-refractivity contribution >= 4 is 5.91 Å². The van der Waals surface area contributed by atoms with Crippen LogP contribution in [0.3, 0.4) is 0 Å². The molecule has 0 aliphatic carbocycles. The maximum atomic E-state index is 12.5. The molecule has 0 saturated heterocycles. The van der Waals surface area contributed by atoms with E-state index >= 15 is 0 Å². The van der Waals surface area contributed by atoms with Crippen molar-refractivity contribution in [3.05, 3.63) is 53.6 Å². The van der Waals surface area contributed by atoms with Crippen LogP contribution in [0.5, 0.6) is 11.5 Å². The zero-order valence-electron chi connectivity index (χ0n) is 14.1. The van der Waals surface area contributed by atoms with E-state index in [-0.39, 0.29) is 11.9 Å². The van der Waals surface area contributed by atoms with Crippen LogP contribution in [0.15, 0.2) is 42.5 Å². The van der Waals surface area contributed by atoms with Gasteiger partial charge in [0, 0.05) is 11.1 Å². The van der Waals surface area contributed by atoms with Gasteiger partial charge in [-0.1, -0.05) is 18.2 Å². The summed E-state index contributed by atoms with van der Waals surface area (Å²) in [6.07, 6.45) is 0. The van der Waals surface area contributed by atoms with Crippen LogP contribution in [0.25, 0.3) is 11.4 Å². The van der Waals surface area contributed by atoms with E-state index in [0.29, 0.717) is 30.4 Å².